The third kappa shape index (κ3) is 2.97. The Hall–Kier alpha value is -2.47. The fraction of sp³-hybridized carbons (Fsp3) is 0.389. The monoisotopic (exact) mass is 328 g/mol. The van der Waals surface area contributed by atoms with E-state index < -0.39 is 0 Å². The lowest BCUT2D eigenvalue weighted by atomic mass is 10.0. The van der Waals surface area contributed by atoms with Crippen molar-refractivity contribution < 1.29 is 18.7 Å². The largest absolute Gasteiger partial charge is 0.459 e. The van der Waals surface area contributed by atoms with Gasteiger partial charge in [-0.3, -0.25) is 9.69 Å². The molecule has 1 amide bonds. The Bertz CT molecular complexity index is 708. The molecule has 0 bridgehead atoms. The van der Waals surface area contributed by atoms with E-state index in [2.05, 4.69) is 16.3 Å². The van der Waals surface area contributed by atoms with E-state index in [0.29, 0.717) is 12.3 Å². The number of amides is 1. The molecule has 3 heterocycles. The number of nitrogens with one attached hydrogen (secondary N) is 1. The molecule has 126 valence electrons. The second-order valence-electron chi connectivity index (χ2n) is 6.06. The van der Waals surface area contributed by atoms with Gasteiger partial charge in [0.15, 0.2) is 17.3 Å². The van der Waals surface area contributed by atoms with E-state index >= 15 is 0 Å². The first-order valence-corrected chi connectivity index (χ1v) is 8.26. The van der Waals surface area contributed by atoms with Gasteiger partial charge in [0, 0.05) is 6.54 Å². The Morgan fingerprint density at radius 1 is 1.17 bits per heavy atom. The topological polar surface area (TPSA) is 63.9 Å². The van der Waals surface area contributed by atoms with Crippen LogP contribution >= 0.6 is 0 Å². The van der Waals surface area contributed by atoms with Crippen LogP contribution in [-0.4, -0.2) is 37.2 Å². The maximum absolute atomic E-state index is 12.2. The fourth-order valence-corrected chi connectivity index (χ4v) is 3.32. The Labute approximate surface area is 140 Å². The molecule has 24 heavy (non-hydrogen) atoms. The molecule has 0 saturated carbocycles. The zero-order valence-corrected chi connectivity index (χ0v) is 13.4. The van der Waals surface area contributed by atoms with Crippen molar-refractivity contribution in [3.8, 4) is 11.5 Å². The molecule has 1 N–H and O–H groups in total. The van der Waals surface area contributed by atoms with E-state index in [1.54, 1.807) is 12.1 Å². The van der Waals surface area contributed by atoms with Crippen LogP contribution in [-0.2, 0) is 0 Å². The first-order valence-electron chi connectivity index (χ1n) is 8.26. The number of carbonyl (C=O) groups excluding carboxylic acids is 1. The van der Waals surface area contributed by atoms with Crippen molar-refractivity contribution in [2.75, 3.05) is 26.4 Å². The van der Waals surface area contributed by atoms with Crippen molar-refractivity contribution in [2.45, 2.75) is 18.9 Å². The Kier molecular flexibility index (Phi) is 4.13. The quantitative estimate of drug-likeness (QED) is 0.914. The number of furan rings is 1. The van der Waals surface area contributed by atoms with Crippen molar-refractivity contribution in [3.05, 3.63) is 47.9 Å². The summed E-state index contributed by atoms with van der Waals surface area (Å²) in [5.41, 5.74) is 1.13. The summed E-state index contributed by atoms with van der Waals surface area (Å²) in [7, 11) is 0. The van der Waals surface area contributed by atoms with Crippen molar-refractivity contribution in [2.24, 2.45) is 0 Å². The van der Waals surface area contributed by atoms with Crippen LogP contribution in [0.15, 0.2) is 41.0 Å². The molecular weight excluding hydrogens is 308 g/mol. The van der Waals surface area contributed by atoms with Gasteiger partial charge in [-0.25, -0.2) is 0 Å². The number of benzene rings is 1. The number of rotatable bonds is 5. The standard InChI is InChI=1S/C18H20N2O4/c21-18(16-4-3-9-22-16)19-11-14(20-7-1-2-8-20)13-5-6-15-17(10-13)24-12-23-15/h3-6,9-10,14H,1-2,7-8,11-12H2,(H,19,21)/t14-/m1/s1. The maximum atomic E-state index is 12.2. The normalized spacial score (nSPS) is 17.8. The van der Waals surface area contributed by atoms with Crippen LogP contribution in [0.25, 0.3) is 0 Å². The lowest BCUT2D eigenvalue weighted by molar-refractivity contribution is 0.0910. The van der Waals surface area contributed by atoms with Gasteiger partial charge >= 0.3 is 0 Å². The lowest BCUT2D eigenvalue weighted by Crippen LogP contribution is -2.36. The summed E-state index contributed by atoms with van der Waals surface area (Å²) >= 11 is 0. The summed E-state index contributed by atoms with van der Waals surface area (Å²) in [4.78, 5) is 14.6. The minimum atomic E-state index is -0.190. The van der Waals surface area contributed by atoms with E-state index in [9.17, 15) is 4.79 Å². The van der Waals surface area contributed by atoms with Crippen LogP contribution in [0.5, 0.6) is 11.5 Å². The van der Waals surface area contributed by atoms with Crippen molar-refractivity contribution >= 4 is 5.91 Å². The van der Waals surface area contributed by atoms with Gasteiger partial charge in [-0.1, -0.05) is 6.07 Å². The van der Waals surface area contributed by atoms with Gasteiger partial charge in [0.2, 0.25) is 6.79 Å². The van der Waals surface area contributed by atoms with Gasteiger partial charge in [-0.05, 0) is 55.8 Å². The van der Waals surface area contributed by atoms with Gasteiger partial charge in [0.25, 0.3) is 5.91 Å². The summed E-state index contributed by atoms with van der Waals surface area (Å²) in [6, 6.07) is 9.50. The Balaban J connectivity index is 1.52. The zero-order chi connectivity index (χ0) is 16.4. The summed E-state index contributed by atoms with van der Waals surface area (Å²) in [5.74, 6) is 1.69. The van der Waals surface area contributed by atoms with Crippen molar-refractivity contribution in [1.29, 1.82) is 0 Å². The molecule has 2 aliphatic heterocycles. The molecular formula is C18H20N2O4. The number of hydrogen-bond donors (Lipinski definition) is 1. The molecule has 2 aliphatic rings. The van der Waals surface area contributed by atoms with E-state index in [1.807, 2.05) is 12.1 Å². The van der Waals surface area contributed by atoms with E-state index in [1.165, 1.54) is 19.1 Å². The van der Waals surface area contributed by atoms with Gasteiger partial charge in [0.1, 0.15) is 0 Å². The van der Waals surface area contributed by atoms with E-state index in [0.717, 1.165) is 30.2 Å². The molecule has 1 aromatic heterocycles. The van der Waals surface area contributed by atoms with Crippen LogP contribution in [0.4, 0.5) is 0 Å². The molecule has 0 radical (unpaired) electrons. The molecule has 6 heteroatoms. The van der Waals surface area contributed by atoms with Gasteiger partial charge < -0.3 is 19.2 Å². The third-order valence-corrected chi connectivity index (χ3v) is 4.56. The fourth-order valence-electron chi connectivity index (χ4n) is 3.32. The number of likely N-dealkylation sites (tertiary alicyclic amines) is 1. The predicted octanol–water partition coefficient (Wildman–Crippen LogP) is 2.58. The highest BCUT2D eigenvalue weighted by Gasteiger charge is 2.26. The van der Waals surface area contributed by atoms with Crippen molar-refractivity contribution in [1.82, 2.24) is 10.2 Å². The minimum Gasteiger partial charge on any atom is -0.459 e. The van der Waals surface area contributed by atoms with Crippen LogP contribution in [0, 0.1) is 0 Å². The second kappa shape index (κ2) is 6.57. The minimum absolute atomic E-state index is 0.112. The molecule has 1 saturated heterocycles. The number of nitrogens with zero attached hydrogens (tertiary/aromatic N) is 1. The molecule has 0 aliphatic carbocycles. The van der Waals surface area contributed by atoms with Crippen LogP contribution in [0.3, 0.4) is 0 Å². The molecule has 1 fully saturated rings. The zero-order valence-electron chi connectivity index (χ0n) is 13.4. The molecule has 1 aromatic carbocycles. The van der Waals surface area contributed by atoms with Gasteiger partial charge in [-0.2, -0.15) is 0 Å². The average molecular weight is 328 g/mol. The number of hydrogen-bond acceptors (Lipinski definition) is 5. The maximum Gasteiger partial charge on any atom is 0.287 e. The summed E-state index contributed by atoms with van der Waals surface area (Å²) < 4.78 is 16.0. The summed E-state index contributed by atoms with van der Waals surface area (Å²) in [5, 5.41) is 2.98. The molecule has 1 atom stereocenters. The molecule has 0 spiro atoms. The number of fused-ring (bicyclic) bond motifs is 1. The highest BCUT2D eigenvalue weighted by Crippen LogP contribution is 2.36. The number of carbonyl (C=O) groups is 1. The molecule has 0 unspecified atom stereocenters. The highest BCUT2D eigenvalue weighted by atomic mass is 16.7. The first-order chi connectivity index (χ1) is 11.8. The Morgan fingerprint density at radius 3 is 2.79 bits per heavy atom. The third-order valence-electron chi connectivity index (χ3n) is 4.56. The Morgan fingerprint density at radius 2 is 2.00 bits per heavy atom. The first kappa shape index (κ1) is 15.1. The molecule has 2 aromatic rings. The second-order valence-corrected chi connectivity index (χ2v) is 6.06. The molecule has 4 rings (SSSR count). The van der Waals surface area contributed by atoms with Gasteiger partial charge in [0.05, 0.1) is 12.3 Å². The van der Waals surface area contributed by atoms with E-state index in [-0.39, 0.29) is 18.7 Å². The summed E-state index contributed by atoms with van der Waals surface area (Å²) in [6.07, 6.45) is 3.88. The highest BCUT2D eigenvalue weighted by molar-refractivity contribution is 5.91. The van der Waals surface area contributed by atoms with Crippen molar-refractivity contribution in [3.63, 3.8) is 0 Å². The van der Waals surface area contributed by atoms with Crippen LogP contribution in [0.2, 0.25) is 0 Å². The average Bonchev–Trinajstić information content (AvgIpc) is 3.35. The SMILES string of the molecule is O=C(NC[C@H](c1ccc2c(c1)OCO2)N1CCCC1)c1ccco1. The predicted molar refractivity (Wildman–Crippen MR) is 87.2 cm³/mol. The number of ether oxygens (including phenoxy) is 2. The summed E-state index contributed by atoms with van der Waals surface area (Å²) in [6.45, 7) is 2.87. The van der Waals surface area contributed by atoms with Crippen LogP contribution < -0.4 is 14.8 Å². The lowest BCUT2D eigenvalue weighted by Gasteiger charge is -2.28. The van der Waals surface area contributed by atoms with Gasteiger partial charge in [-0.15, -0.1) is 0 Å². The van der Waals surface area contributed by atoms with Crippen LogP contribution in [0.1, 0.15) is 35.0 Å². The van der Waals surface area contributed by atoms with E-state index in [4.69, 9.17) is 13.9 Å². The smallest absolute Gasteiger partial charge is 0.287 e. The molecule has 6 nitrogen and oxygen atoms in total.